The maximum absolute atomic E-state index is 11.8. The molecule has 0 saturated carbocycles. The lowest BCUT2D eigenvalue weighted by molar-refractivity contribution is -0.143. The first-order valence-corrected chi connectivity index (χ1v) is 6.41. The number of carbonyl (C=O) groups excluding carboxylic acids is 2. The van der Waals surface area contributed by atoms with Crippen LogP contribution in [0.1, 0.15) is 30.1 Å². The Morgan fingerprint density at radius 2 is 2.16 bits per heavy atom. The van der Waals surface area contributed by atoms with E-state index in [0.29, 0.717) is 35.8 Å². The van der Waals surface area contributed by atoms with E-state index in [0.717, 1.165) is 0 Å². The third-order valence-corrected chi connectivity index (χ3v) is 2.64. The van der Waals surface area contributed by atoms with Crippen molar-refractivity contribution in [2.75, 3.05) is 18.9 Å². The van der Waals surface area contributed by atoms with E-state index >= 15 is 0 Å². The zero-order valence-electron chi connectivity index (χ0n) is 10.7. The van der Waals surface area contributed by atoms with Crippen LogP contribution in [-0.2, 0) is 9.53 Å². The predicted molar refractivity (Wildman–Crippen MR) is 74.1 cm³/mol. The lowest BCUT2D eigenvalue weighted by Crippen LogP contribution is -2.25. The molecule has 1 aromatic rings. The number of anilines is 1. The van der Waals surface area contributed by atoms with E-state index in [-0.39, 0.29) is 18.3 Å². The van der Waals surface area contributed by atoms with Gasteiger partial charge in [-0.2, -0.15) is 0 Å². The molecule has 3 N–H and O–H groups in total. The van der Waals surface area contributed by atoms with Crippen molar-refractivity contribution < 1.29 is 14.3 Å². The van der Waals surface area contributed by atoms with Crippen molar-refractivity contribution in [1.82, 2.24) is 5.32 Å². The predicted octanol–water partition coefficient (Wildman–Crippen LogP) is 2.00. The maximum Gasteiger partial charge on any atom is 0.305 e. The molecular formula is C13H17ClN2O3. The fourth-order valence-corrected chi connectivity index (χ4v) is 1.68. The molecule has 1 aromatic carbocycles. The second-order valence-electron chi connectivity index (χ2n) is 3.90. The van der Waals surface area contributed by atoms with E-state index in [1.165, 1.54) is 6.07 Å². The quantitative estimate of drug-likeness (QED) is 0.475. The fourth-order valence-electron chi connectivity index (χ4n) is 1.50. The van der Waals surface area contributed by atoms with E-state index in [1.807, 2.05) is 0 Å². The van der Waals surface area contributed by atoms with Gasteiger partial charge in [0.1, 0.15) is 0 Å². The van der Waals surface area contributed by atoms with Crippen molar-refractivity contribution in [1.29, 1.82) is 0 Å². The van der Waals surface area contributed by atoms with Gasteiger partial charge < -0.3 is 15.8 Å². The van der Waals surface area contributed by atoms with Crippen LogP contribution in [0.2, 0.25) is 5.02 Å². The Morgan fingerprint density at radius 3 is 2.79 bits per heavy atom. The van der Waals surface area contributed by atoms with Crippen LogP contribution >= 0.6 is 11.6 Å². The van der Waals surface area contributed by atoms with Crippen molar-refractivity contribution in [3.05, 3.63) is 28.8 Å². The number of nitrogens with two attached hydrogens (primary N) is 1. The first kappa shape index (κ1) is 15.3. The second-order valence-corrected chi connectivity index (χ2v) is 4.33. The minimum Gasteiger partial charge on any atom is -0.466 e. The zero-order chi connectivity index (χ0) is 14.3. The van der Waals surface area contributed by atoms with Crippen molar-refractivity contribution in [3.8, 4) is 0 Å². The Kier molecular flexibility index (Phi) is 6.15. The van der Waals surface area contributed by atoms with Gasteiger partial charge in [0.25, 0.3) is 5.91 Å². The minimum atomic E-state index is -0.280. The van der Waals surface area contributed by atoms with E-state index in [4.69, 9.17) is 22.1 Å². The number of hydrogen-bond acceptors (Lipinski definition) is 4. The van der Waals surface area contributed by atoms with Crippen LogP contribution in [0, 0.1) is 0 Å². The summed E-state index contributed by atoms with van der Waals surface area (Å²) in [5, 5.41) is 3.17. The fraction of sp³-hybridized carbons (Fsp3) is 0.385. The third-order valence-electron chi connectivity index (χ3n) is 2.41. The second kappa shape index (κ2) is 7.63. The number of carbonyl (C=O) groups is 2. The smallest absolute Gasteiger partial charge is 0.305 e. The van der Waals surface area contributed by atoms with E-state index in [9.17, 15) is 9.59 Å². The molecular weight excluding hydrogens is 268 g/mol. The Hall–Kier alpha value is -1.75. The van der Waals surface area contributed by atoms with Crippen LogP contribution in [0.15, 0.2) is 18.2 Å². The molecule has 104 valence electrons. The number of halogens is 1. The Labute approximate surface area is 117 Å². The lowest BCUT2D eigenvalue weighted by atomic mass is 10.1. The topological polar surface area (TPSA) is 81.4 Å². The molecule has 0 radical (unpaired) electrons. The SMILES string of the molecule is CCOC(=O)CCCNC(=O)c1ccc(Cl)cc1N. The summed E-state index contributed by atoms with van der Waals surface area (Å²) in [6.45, 7) is 2.51. The normalized spacial score (nSPS) is 10.0. The van der Waals surface area contributed by atoms with Gasteiger partial charge in [-0.25, -0.2) is 0 Å². The first-order chi connectivity index (χ1) is 9.04. The van der Waals surface area contributed by atoms with Crippen LogP contribution in [-0.4, -0.2) is 25.0 Å². The molecule has 0 aromatic heterocycles. The number of nitrogen functional groups attached to an aromatic ring is 1. The average molecular weight is 285 g/mol. The average Bonchev–Trinajstić information content (AvgIpc) is 2.34. The third kappa shape index (κ3) is 5.18. The van der Waals surface area contributed by atoms with Gasteiger partial charge in [0, 0.05) is 23.7 Å². The Morgan fingerprint density at radius 1 is 1.42 bits per heavy atom. The van der Waals surface area contributed by atoms with Crippen molar-refractivity contribution in [3.63, 3.8) is 0 Å². The number of hydrogen-bond donors (Lipinski definition) is 2. The molecule has 0 saturated heterocycles. The summed E-state index contributed by atoms with van der Waals surface area (Å²) in [6.07, 6.45) is 0.808. The zero-order valence-corrected chi connectivity index (χ0v) is 11.5. The molecule has 0 aliphatic rings. The highest BCUT2D eigenvalue weighted by atomic mass is 35.5. The summed E-state index contributed by atoms with van der Waals surface area (Å²) in [4.78, 5) is 22.9. The van der Waals surface area contributed by atoms with Gasteiger partial charge in [0.05, 0.1) is 12.2 Å². The van der Waals surface area contributed by atoms with Gasteiger partial charge in [0.15, 0.2) is 0 Å². The van der Waals surface area contributed by atoms with E-state index in [1.54, 1.807) is 19.1 Å². The van der Waals surface area contributed by atoms with Gasteiger partial charge in [-0.3, -0.25) is 9.59 Å². The molecule has 0 aliphatic carbocycles. The molecule has 1 rings (SSSR count). The van der Waals surface area contributed by atoms with Crippen LogP contribution in [0.5, 0.6) is 0 Å². The molecule has 0 aliphatic heterocycles. The summed E-state index contributed by atoms with van der Waals surface area (Å²) in [7, 11) is 0. The minimum absolute atomic E-state index is 0.261. The summed E-state index contributed by atoms with van der Waals surface area (Å²) < 4.78 is 4.78. The van der Waals surface area contributed by atoms with Gasteiger partial charge in [-0.15, -0.1) is 0 Å². The summed E-state index contributed by atoms with van der Waals surface area (Å²) >= 11 is 5.75. The van der Waals surface area contributed by atoms with Gasteiger partial charge in [0.2, 0.25) is 0 Å². The maximum atomic E-state index is 11.8. The molecule has 0 unspecified atom stereocenters. The van der Waals surface area contributed by atoms with Crippen LogP contribution in [0.4, 0.5) is 5.69 Å². The van der Waals surface area contributed by atoms with Crippen LogP contribution in [0.25, 0.3) is 0 Å². The number of nitrogens with one attached hydrogen (secondary N) is 1. The van der Waals surface area contributed by atoms with Crippen LogP contribution < -0.4 is 11.1 Å². The van der Waals surface area contributed by atoms with Gasteiger partial charge in [-0.05, 0) is 31.5 Å². The molecule has 0 spiro atoms. The van der Waals surface area contributed by atoms with Gasteiger partial charge in [-0.1, -0.05) is 11.6 Å². The molecule has 5 nitrogen and oxygen atoms in total. The molecule has 0 fully saturated rings. The number of ether oxygens (including phenoxy) is 1. The molecule has 0 heterocycles. The summed E-state index contributed by atoms with van der Waals surface area (Å²) in [5.74, 6) is -0.541. The monoisotopic (exact) mass is 284 g/mol. The Bertz CT molecular complexity index is 463. The number of esters is 1. The first-order valence-electron chi connectivity index (χ1n) is 6.03. The van der Waals surface area contributed by atoms with Crippen molar-refractivity contribution in [2.45, 2.75) is 19.8 Å². The van der Waals surface area contributed by atoms with Crippen molar-refractivity contribution >= 4 is 29.2 Å². The molecule has 0 atom stereocenters. The van der Waals surface area contributed by atoms with Crippen molar-refractivity contribution in [2.24, 2.45) is 0 Å². The lowest BCUT2D eigenvalue weighted by Gasteiger charge is -2.07. The van der Waals surface area contributed by atoms with E-state index < -0.39 is 0 Å². The number of amides is 1. The highest BCUT2D eigenvalue weighted by Gasteiger charge is 2.09. The summed E-state index contributed by atoms with van der Waals surface area (Å²) in [5.41, 5.74) is 6.40. The molecule has 1 amide bonds. The number of benzene rings is 1. The largest absolute Gasteiger partial charge is 0.466 e. The van der Waals surface area contributed by atoms with Gasteiger partial charge >= 0.3 is 5.97 Å². The number of rotatable bonds is 6. The van der Waals surface area contributed by atoms with Crippen LogP contribution in [0.3, 0.4) is 0 Å². The molecule has 6 heteroatoms. The Balaban J connectivity index is 2.37. The van der Waals surface area contributed by atoms with E-state index in [2.05, 4.69) is 5.32 Å². The standard InChI is InChI=1S/C13H17ClN2O3/c1-2-19-12(17)4-3-7-16-13(18)10-6-5-9(14)8-11(10)15/h5-6,8H,2-4,7,15H2,1H3,(H,16,18). The molecule has 19 heavy (non-hydrogen) atoms. The summed E-state index contributed by atoms with van der Waals surface area (Å²) in [6, 6.07) is 4.69. The highest BCUT2D eigenvalue weighted by Crippen LogP contribution is 2.17. The molecule has 0 bridgehead atoms. The highest BCUT2D eigenvalue weighted by molar-refractivity contribution is 6.31.